The highest BCUT2D eigenvalue weighted by molar-refractivity contribution is 7.92. The highest BCUT2D eigenvalue weighted by Gasteiger charge is 2.32. The maximum Gasteiger partial charge on any atom is 0.264 e. The van der Waals surface area contributed by atoms with Crippen LogP contribution in [0.2, 0.25) is 10.0 Å². The van der Waals surface area contributed by atoms with Crippen molar-refractivity contribution in [3.63, 3.8) is 0 Å². The summed E-state index contributed by atoms with van der Waals surface area (Å²) in [4.78, 5) is 28.4. The number of nitrogens with zero attached hydrogens (tertiary/aromatic N) is 2. The molecule has 0 radical (unpaired) electrons. The molecule has 0 bridgehead atoms. The number of methoxy groups -OCH3 is 1. The van der Waals surface area contributed by atoms with Gasteiger partial charge in [0.25, 0.3) is 10.0 Å². The molecule has 1 N–H and O–H groups in total. The summed E-state index contributed by atoms with van der Waals surface area (Å²) in [6.07, 6.45) is 0. The van der Waals surface area contributed by atoms with Gasteiger partial charge in [0.2, 0.25) is 11.8 Å². The summed E-state index contributed by atoms with van der Waals surface area (Å²) < 4.78 is 33.9. The second kappa shape index (κ2) is 13.9. The molecule has 0 saturated carbocycles. The van der Waals surface area contributed by atoms with E-state index >= 15 is 0 Å². The van der Waals surface area contributed by atoms with Gasteiger partial charge in [-0.25, -0.2) is 8.42 Å². The number of anilines is 1. The third-order valence-corrected chi connectivity index (χ3v) is 8.31. The molecule has 3 aromatic rings. The van der Waals surface area contributed by atoms with Crippen molar-refractivity contribution in [3.05, 3.63) is 88.4 Å². The number of halogens is 2. The minimum Gasteiger partial charge on any atom is -0.497 e. The fourth-order valence-electron chi connectivity index (χ4n) is 3.93. The summed E-state index contributed by atoms with van der Waals surface area (Å²) in [5.74, 6) is -0.153. The van der Waals surface area contributed by atoms with E-state index in [-0.39, 0.29) is 39.0 Å². The predicted octanol–water partition coefficient (Wildman–Crippen LogP) is 5.39. The lowest BCUT2D eigenvalue weighted by Gasteiger charge is -2.32. The maximum atomic E-state index is 14.0. The van der Waals surface area contributed by atoms with E-state index in [1.54, 1.807) is 49.4 Å². The third kappa shape index (κ3) is 8.13. The van der Waals surface area contributed by atoms with Crippen molar-refractivity contribution >= 4 is 50.7 Å². The van der Waals surface area contributed by atoms with Crippen molar-refractivity contribution in [3.8, 4) is 5.75 Å². The van der Waals surface area contributed by atoms with Gasteiger partial charge in [0, 0.05) is 23.1 Å². The first kappa shape index (κ1) is 31.3. The monoisotopic (exact) mass is 605 g/mol. The molecule has 3 aromatic carbocycles. The number of hydrogen-bond donors (Lipinski definition) is 1. The average molecular weight is 607 g/mol. The third-order valence-electron chi connectivity index (χ3n) is 6.08. The Bertz CT molecular complexity index is 1410. The summed E-state index contributed by atoms with van der Waals surface area (Å²) >= 11 is 12.4. The van der Waals surface area contributed by atoms with Crippen molar-refractivity contribution < 1.29 is 22.7 Å². The molecule has 0 saturated heterocycles. The molecule has 0 aliphatic heterocycles. The summed E-state index contributed by atoms with van der Waals surface area (Å²) in [6, 6.07) is 18.3. The van der Waals surface area contributed by atoms with Gasteiger partial charge in [-0.15, -0.1) is 0 Å². The van der Waals surface area contributed by atoms with Gasteiger partial charge in [0.05, 0.1) is 17.7 Å². The van der Waals surface area contributed by atoms with Gasteiger partial charge in [-0.05, 0) is 60.9 Å². The Morgan fingerprint density at radius 1 is 0.925 bits per heavy atom. The van der Waals surface area contributed by atoms with E-state index in [4.69, 9.17) is 27.9 Å². The number of sulfonamides is 1. The van der Waals surface area contributed by atoms with Crippen LogP contribution in [0.15, 0.2) is 77.7 Å². The summed E-state index contributed by atoms with van der Waals surface area (Å²) in [5, 5.41) is 3.27. The summed E-state index contributed by atoms with van der Waals surface area (Å²) in [6.45, 7) is 5.42. The van der Waals surface area contributed by atoms with E-state index in [0.29, 0.717) is 17.9 Å². The van der Waals surface area contributed by atoms with Crippen LogP contribution in [0.25, 0.3) is 0 Å². The number of nitrogens with one attached hydrogen (secondary N) is 1. The zero-order valence-corrected chi connectivity index (χ0v) is 25.1. The zero-order chi connectivity index (χ0) is 29.4. The lowest BCUT2D eigenvalue weighted by molar-refractivity contribution is -0.139. The molecule has 2 amide bonds. The fraction of sp³-hybridized carbons (Fsp3) is 0.310. The molecule has 8 nitrogen and oxygen atoms in total. The molecule has 0 aliphatic rings. The SMILES string of the molecule is COc1cccc(CN(C(=O)CN(c2cc(Cl)cc(Cl)c2)S(=O)(=O)c2ccccc2)C(C)C(=O)NCC(C)C)c1. The largest absolute Gasteiger partial charge is 0.497 e. The number of carbonyl (C=O) groups is 2. The number of amides is 2. The number of hydrogen-bond acceptors (Lipinski definition) is 5. The lowest BCUT2D eigenvalue weighted by Crippen LogP contribution is -2.51. The molecule has 0 fully saturated rings. The Labute approximate surface area is 245 Å². The van der Waals surface area contributed by atoms with Crippen LogP contribution in [-0.4, -0.2) is 51.4 Å². The van der Waals surface area contributed by atoms with Gasteiger partial charge in [-0.2, -0.15) is 0 Å². The minimum absolute atomic E-state index is 0.0130. The first-order chi connectivity index (χ1) is 18.9. The normalized spacial score (nSPS) is 12.1. The quantitative estimate of drug-likeness (QED) is 0.299. The molecule has 0 heterocycles. The van der Waals surface area contributed by atoms with E-state index in [1.165, 1.54) is 42.3 Å². The Hall–Kier alpha value is -3.27. The molecule has 40 heavy (non-hydrogen) atoms. The van der Waals surface area contributed by atoms with Gasteiger partial charge in [-0.1, -0.05) is 67.4 Å². The molecule has 0 aromatic heterocycles. The van der Waals surface area contributed by atoms with Crippen LogP contribution in [0, 0.1) is 5.92 Å². The first-order valence-electron chi connectivity index (χ1n) is 12.7. The van der Waals surface area contributed by atoms with Crippen LogP contribution >= 0.6 is 23.2 Å². The van der Waals surface area contributed by atoms with Crippen LogP contribution < -0.4 is 14.4 Å². The summed E-state index contributed by atoms with van der Waals surface area (Å²) in [5.41, 5.74) is 0.826. The van der Waals surface area contributed by atoms with E-state index in [0.717, 1.165) is 4.31 Å². The molecule has 214 valence electrons. The van der Waals surface area contributed by atoms with Gasteiger partial charge >= 0.3 is 0 Å². The Morgan fingerprint density at radius 3 is 2.17 bits per heavy atom. The van der Waals surface area contributed by atoms with Gasteiger partial charge in [0.1, 0.15) is 18.3 Å². The maximum absolute atomic E-state index is 14.0. The van der Waals surface area contributed by atoms with E-state index < -0.39 is 28.5 Å². The predicted molar refractivity (Wildman–Crippen MR) is 158 cm³/mol. The highest BCUT2D eigenvalue weighted by Crippen LogP contribution is 2.30. The number of benzene rings is 3. The van der Waals surface area contributed by atoms with Crippen LogP contribution in [-0.2, 0) is 26.2 Å². The lowest BCUT2D eigenvalue weighted by atomic mass is 10.1. The molecular formula is C29H33Cl2N3O5S. The molecule has 11 heteroatoms. The second-order valence-electron chi connectivity index (χ2n) is 9.64. The number of carbonyl (C=O) groups excluding carboxylic acids is 2. The standard InChI is InChI=1S/C29H33Cl2N3O5S/c1-20(2)17-32-29(36)21(3)33(18-22-9-8-10-26(13-22)39-4)28(35)19-34(25-15-23(30)14-24(31)16-25)40(37,38)27-11-6-5-7-12-27/h5-16,20-21H,17-19H2,1-4H3,(H,32,36). The van der Waals surface area contributed by atoms with Crippen LogP contribution in [0.4, 0.5) is 5.69 Å². The highest BCUT2D eigenvalue weighted by atomic mass is 35.5. The first-order valence-corrected chi connectivity index (χ1v) is 14.9. The van der Waals surface area contributed by atoms with Crippen molar-refractivity contribution in [1.29, 1.82) is 0 Å². The van der Waals surface area contributed by atoms with Gasteiger partial charge < -0.3 is 15.0 Å². The molecule has 1 unspecified atom stereocenters. The van der Waals surface area contributed by atoms with E-state index in [1.807, 2.05) is 13.8 Å². The molecule has 1 atom stereocenters. The van der Waals surface area contributed by atoms with E-state index in [9.17, 15) is 18.0 Å². The molecular weight excluding hydrogens is 573 g/mol. The number of ether oxygens (including phenoxy) is 1. The zero-order valence-electron chi connectivity index (χ0n) is 22.8. The number of rotatable bonds is 12. The van der Waals surface area contributed by atoms with Crippen LogP contribution in [0.1, 0.15) is 26.3 Å². The molecule has 0 spiro atoms. The van der Waals surface area contributed by atoms with Crippen molar-refractivity contribution in [2.75, 3.05) is 24.5 Å². The molecule has 3 rings (SSSR count). The summed E-state index contributed by atoms with van der Waals surface area (Å²) in [7, 11) is -2.68. The van der Waals surface area contributed by atoms with Crippen molar-refractivity contribution in [1.82, 2.24) is 10.2 Å². The van der Waals surface area contributed by atoms with Gasteiger partial charge in [0.15, 0.2) is 0 Å². The smallest absolute Gasteiger partial charge is 0.264 e. The van der Waals surface area contributed by atoms with E-state index in [2.05, 4.69) is 5.32 Å². The molecule has 0 aliphatic carbocycles. The second-order valence-corrected chi connectivity index (χ2v) is 12.4. The van der Waals surface area contributed by atoms with Crippen molar-refractivity contribution in [2.45, 2.75) is 38.3 Å². The van der Waals surface area contributed by atoms with Gasteiger partial charge in [-0.3, -0.25) is 13.9 Å². The average Bonchev–Trinajstić information content (AvgIpc) is 2.92. The Morgan fingerprint density at radius 2 is 1.57 bits per heavy atom. The van der Waals surface area contributed by atoms with Crippen molar-refractivity contribution in [2.24, 2.45) is 5.92 Å². The minimum atomic E-state index is -4.22. The van der Waals surface area contributed by atoms with Crippen LogP contribution in [0.3, 0.4) is 0 Å². The fourth-order valence-corrected chi connectivity index (χ4v) is 5.87. The van der Waals surface area contributed by atoms with Crippen LogP contribution in [0.5, 0.6) is 5.75 Å². The Kier molecular flexibility index (Phi) is 10.8. The topological polar surface area (TPSA) is 96.0 Å². The Balaban J connectivity index is 2.04.